The quantitative estimate of drug-likeness (QED) is 0.857. The van der Waals surface area contributed by atoms with Crippen molar-refractivity contribution in [3.05, 3.63) is 18.2 Å². The molecular formula is C16H25N3O2. The van der Waals surface area contributed by atoms with Crippen LogP contribution < -0.4 is 15.4 Å². The van der Waals surface area contributed by atoms with E-state index in [0.717, 1.165) is 63.1 Å². The first-order chi connectivity index (χ1) is 10.1. The number of nitrogen functional groups attached to an aromatic ring is 1. The van der Waals surface area contributed by atoms with Crippen LogP contribution in [0.3, 0.4) is 0 Å². The van der Waals surface area contributed by atoms with Crippen molar-refractivity contribution in [2.75, 3.05) is 56.6 Å². The van der Waals surface area contributed by atoms with Crippen LogP contribution in [0, 0.1) is 0 Å². The lowest BCUT2D eigenvalue weighted by atomic mass is 10.0. The van der Waals surface area contributed by atoms with E-state index >= 15 is 0 Å². The molecule has 0 bridgehead atoms. The summed E-state index contributed by atoms with van der Waals surface area (Å²) in [6.07, 6.45) is 0. The van der Waals surface area contributed by atoms with E-state index in [4.69, 9.17) is 15.2 Å². The minimum Gasteiger partial charge on any atom is -0.484 e. The third-order valence-corrected chi connectivity index (χ3v) is 4.09. The Morgan fingerprint density at radius 3 is 2.71 bits per heavy atom. The molecule has 5 heteroatoms. The number of rotatable bonds is 3. The maximum absolute atomic E-state index is 6.17. The molecule has 1 saturated heterocycles. The summed E-state index contributed by atoms with van der Waals surface area (Å²) in [6.45, 7) is 10.8. The molecule has 0 atom stereocenters. The third kappa shape index (κ3) is 3.24. The third-order valence-electron chi connectivity index (χ3n) is 4.09. The highest BCUT2D eigenvalue weighted by atomic mass is 16.5. The average Bonchev–Trinajstić information content (AvgIpc) is 2.44. The van der Waals surface area contributed by atoms with Crippen molar-refractivity contribution in [3.63, 3.8) is 0 Å². The average molecular weight is 291 g/mol. The highest BCUT2D eigenvalue weighted by molar-refractivity contribution is 5.76. The minimum atomic E-state index is -0.189. The van der Waals surface area contributed by atoms with E-state index in [9.17, 15) is 0 Å². The lowest BCUT2D eigenvalue weighted by Crippen LogP contribution is -2.50. The molecule has 3 rings (SSSR count). The van der Waals surface area contributed by atoms with Crippen molar-refractivity contribution in [2.24, 2.45) is 0 Å². The molecule has 5 nitrogen and oxygen atoms in total. The van der Waals surface area contributed by atoms with Gasteiger partial charge in [-0.15, -0.1) is 0 Å². The summed E-state index contributed by atoms with van der Waals surface area (Å²) in [7, 11) is 0. The summed E-state index contributed by atoms with van der Waals surface area (Å²) in [6, 6.07) is 5.91. The Hall–Kier alpha value is -1.46. The van der Waals surface area contributed by atoms with E-state index in [1.807, 2.05) is 18.2 Å². The van der Waals surface area contributed by atoms with Crippen LogP contribution in [0.5, 0.6) is 5.75 Å². The first-order valence-corrected chi connectivity index (χ1v) is 7.68. The van der Waals surface area contributed by atoms with E-state index in [1.54, 1.807) is 0 Å². The predicted octanol–water partition coefficient (Wildman–Crippen LogP) is 1.58. The SMILES string of the molecule is CC1(C)CN(CCN2CCOCC2)c2c(N)cccc2O1. The number of anilines is 2. The molecule has 2 aliphatic heterocycles. The Balaban J connectivity index is 1.74. The molecule has 2 heterocycles. The van der Waals surface area contributed by atoms with Crippen LogP contribution in [-0.4, -0.2) is 56.4 Å². The van der Waals surface area contributed by atoms with E-state index in [0.29, 0.717) is 0 Å². The van der Waals surface area contributed by atoms with Crippen LogP contribution in [0.25, 0.3) is 0 Å². The molecule has 1 fully saturated rings. The van der Waals surface area contributed by atoms with Crippen molar-refractivity contribution >= 4 is 11.4 Å². The van der Waals surface area contributed by atoms with Gasteiger partial charge in [-0.25, -0.2) is 0 Å². The van der Waals surface area contributed by atoms with Gasteiger partial charge in [-0.05, 0) is 26.0 Å². The Morgan fingerprint density at radius 2 is 1.95 bits per heavy atom. The number of benzene rings is 1. The number of ether oxygens (including phenoxy) is 2. The van der Waals surface area contributed by atoms with Crippen LogP contribution in [0.4, 0.5) is 11.4 Å². The maximum atomic E-state index is 6.17. The molecule has 1 aromatic carbocycles. The summed E-state index contributed by atoms with van der Waals surface area (Å²) in [5.41, 5.74) is 7.83. The molecule has 0 saturated carbocycles. The fourth-order valence-electron chi connectivity index (χ4n) is 3.11. The van der Waals surface area contributed by atoms with Crippen molar-refractivity contribution in [2.45, 2.75) is 19.4 Å². The minimum absolute atomic E-state index is 0.189. The van der Waals surface area contributed by atoms with Gasteiger partial charge in [0.05, 0.1) is 25.4 Å². The first kappa shape index (κ1) is 14.5. The van der Waals surface area contributed by atoms with E-state index < -0.39 is 0 Å². The van der Waals surface area contributed by atoms with Crippen molar-refractivity contribution in [3.8, 4) is 5.75 Å². The van der Waals surface area contributed by atoms with Crippen LogP contribution >= 0.6 is 0 Å². The molecule has 0 spiro atoms. The van der Waals surface area contributed by atoms with Gasteiger partial charge in [0.25, 0.3) is 0 Å². The molecule has 2 N–H and O–H groups in total. The number of para-hydroxylation sites is 1. The monoisotopic (exact) mass is 291 g/mol. The molecule has 1 aromatic rings. The van der Waals surface area contributed by atoms with Crippen LogP contribution in [0.1, 0.15) is 13.8 Å². The molecule has 116 valence electrons. The van der Waals surface area contributed by atoms with Crippen molar-refractivity contribution < 1.29 is 9.47 Å². The highest BCUT2D eigenvalue weighted by Gasteiger charge is 2.32. The van der Waals surface area contributed by atoms with Crippen molar-refractivity contribution in [1.29, 1.82) is 0 Å². The zero-order valence-corrected chi connectivity index (χ0v) is 13.0. The van der Waals surface area contributed by atoms with Gasteiger partial charge in [0.15, 0.2) is 0 Å². The summed E-state index contributed by atoms with van der Waals surface area (Å²) < 4.78 is 11.5. The van der Waals surface area contributed by atoms with Gasteiger partial charge in [-0.2, -0.15) is 0 Å². The summed E-state index contributed by atoms with van der Waals surface area (Å²) in [5.74, 6) is 0.897. The lowest BCUT2D eigenvalue weighted by Gasteiger charge is -2.42. The normalized spacial score (nSPS) is 21.7. The Morgan fingerprint density at radius 1 is 1.19 bits per heavy atom. The topological polar surface area (TPSA) is 51.0 Å². The molecule has 0 radical (unpaired) electrons. The van der Waals surface area contributed by atoms with Crippen LogP contribution in [0.15, 0.2) is 18.2 Å². The van der Waals surface area contributed by atoms with E-state index in [2.05, 4.69) is 23.6 Å². The van der Waals surface area contributed by atoms with Gasteiger partial charge >= 0.3 is 0 Å². The van der Waals surface area contributed by atoms with E-state index in [1.165, 1.54) is 0 Å². The lowest BCUT2D eigenvalue weighted by molar-refractivity contribution is 0.0381. The van der Waals surface area contributed by atoms with Gasteiger partial charge in [0.2, 0.25) is 0 Å². The zero-order valence-electron chi connectivity index (χ0n) is 13.0. The smallest absolute Gasteiger partial charge is 0.145 e. The first-order valence-electron chi connectivity index (χ1n) is 7.68. The Labute approximate surface area is 126 Å². The number of nitrogens with zero attached hydrogens (tertiary/aromatic N) is 2. The van der Waals surface area contributed by atoms with Crippen molar-refractivity contribution in [1.82, 2.24) is 4.90 Å². The summed E-state index contributed by atoms with van der Waals surface area (Å²) in [4.78, 5) is 4.81. The second-order valence-electron chi connectivity index (χ2n) is 6.43. The van der Waals surface area contributed by atoms with Gasteiger partial charge in [0.1, 0.15) is 17.0 Å². The number of hydrogen-bond donors (Lipinski definition) is 1. The second kappa shape index (κ2) is 5.73. The zero-order chi connectivity index (χ0) is 14.9. The van der Waals surface area contributed by atoms with Gasteiger partial charge < -0.3 is 20.1 Å². The predicted molar refractivity (Wildman–Crippen MR) is 85.0 cm³/mol. The molecule has 0 aromatic heterocycles. The van der Waals surface area contributed by atoms with Gasteiger partial charge in [-0.3, -0.25) is 4.90 Å². The summed E-state index contributed by atoms with van der Waals surface area (Å²) >= 11 is 0. The number of hydrogen-bond acceptors (Lipinski definition) is 5. The van der Waals surface area contributed by atoms with Gasteiger partial charge in [0, 0.05) is 26.2 Å². The Bertz CT molecular complexity index is 498. The standard InChI is InChI=1S/C16H25N3O2/c1-16(2)12-19(7-6-18-8-10-20-11-9-18)15-13(17)4-3-5-14(15)21-16/h3-5H,6-12,17H2,1-2H3. The molecule has 0 aliphatic carbocycles. The summed E-state index contributed by atoms with van der Waals surface area (Å²) in [5, 5.41) is 0. The molecule has 2 aliphatic rings. The van der Waals surface area contributed by atoms with Crippen LogP contribution in [-0.2, 0) is 4.74 Å². The fraction of sp³-hybridized carbons (Fsp3) is 0.625. The van der Waals surface area contributed by atoms with Crippen LogP contribution in [0.2, 0.25) is 0 Å². The molecule has 0 unspecified atom stereocenters. The van der Waals surface area contributed by atoms with Gasteiger partial charge in [-0.1, -0.05) is 6.07 Å². The number of fused-ring (bicyclic) bond motifs is 1. The largest absolute Gasteiger partial charge is 0.484 e. The van der Waals surface area contributed by atoms with E-state index in [-0.39, 0.29) is 5.60 Å². The maximum Gasteiger partial charge on any atom is 0.145 e. The number of nitrogens with two attached hydrogens (primary N) is 1. The highest BCUT2D eigenvalue weighted by Crippen LogP contribution is 2.40. The fourth-order valence-corrected chi connectivity index (χ4v) is 3.11. The number of morpholine rings is 1. The second-order valence-corrected chi connectivity index (χ2v) is 6.43. The molecule has 0 amide bonds. The Kier molecular flexibility index (Phi) is 3.95. The molecular weight excluding hydrogens is 266 g/mol. The molecule has 21 heavy (non-hydrogen) atoms.